The van der Waals surface area contributed by atoms with Gasteiger partial charge in [-0.25, -0.2) is 9.89 Å². The molecule has 0 aromatic carbocycles. The number of nitrogens with one attached hydrogen (secondary N) is 2. The summed E-state index contributed by atoms with van der Waals surface area (Å²) in [6.07, 6.45) is 6.13. The predicted octanol–water partition coefficient (Wildman–Crippen LogP) is 1.24. The Morgan fingerprint density at radius 3 is 2.86 bits per heavy atom. The van der Waals surface area contributed by atoms with E-state index in [4.69, 9.17) is 0 Å². The molecule has 8 nitrogen and oxygen atoms in total. The Bertz CT molecular complexity index is 713. The first-order chi connectivity index (χ1) is 10.6. The molecule has 0 spiro atoms. The third kappa shape index (κ3) is 2.68. The van der Waals surface area contributed by atoms with Crippen LogP contribution in [-0.4, -0.2) is 42.3 Å². The van der Waals surface area contributed by atoms with Crippen molar-refractivity contribution in [3.05, 3.63) is 34.3 Å². The maximum absolute atomic E-state index is 12.8. The summed E-state index contributed by atoms with van der Waals surface area (Å²) in [4.78, 5) is 28.5. The Hall–Kier alpha value is -2.38. The second-order valence-electron chi connectivity index (χ2n) is 5.88. The van der Waals surface area contributed by atoms with E-state index < -0.39 is 0 Å². The fourth-order valence-corrected chi connectivity index (χ4v) is 2.80. The topological polar surface area (TPSA) is 99.7 Å². The molecule has 2 aromatic rings. The lowest BCUT2D eigenvalue weighted by Crippen LogP contribution is -2.39. The van der Waals surface area contributed by atoms with E-state index in [0.29, 0.717) is 17.9 Å². The van der Waals surface area contributed by atoms with E-state index in [-0.39, 0.29) is 23.7 Å². The van der Waals surface area contributed by atoms with Gasteiger partial charge in [-0.2, -0.15) is 10.2 Å². The number of H-pyrrole nitrogens is 2. The van der Waals surface area contributed by atoms with Gasteiger partial charge in [0.25, 0.3) is 5.91 Å². The number of piperidine rings is 1. The largest absolute Gasteiger partial charge is 0.340 e. The van der Waals surface area contributed by atoms with Crippen LogP contribution in [0.15, 0.2) is 17.2 Å². The van der Waals surface area contributed by atoms with Crippen LogP contribution in [0.1, 0.15) is 61.4 Å². The normalized spacial score (nSPS) is 18.9. The molecule has 8 heteroatoms. The Labute approximate surface area is 127 Å². The number of hydrogen-bond acceptors (Lipinski definition) is 4. The lowest BCUT2D eigenvalue weighted by molar-refractivity contribution is 0.0600. The third-order valence-corrected chi connectivity index (χ3v) is 3.98. The van der Waals surface area contributed by atoms with Crippen LogP contribution >= 0.6 is 0 Å². The van der Waals surface area contributed by atoms with Gasteiger partial charge in [-0.05, 0) is 33.1 Å². The summed E-state index contributed by atoms with van der Waals surface area (Å²) in [6, 6.07) is 0.0176. The highest BCUT2D eigenvalue weighted by atomic mass is 16.2. The van der Waals surface area contributed by atoms with E-state index in [0.717, 1.165) is 19.3 Å². The zero-order chi connectivity index (χ0) is 15.7. The van der Waals surface area contributed by atoms with Gasteiger partial charge in [0, 0.05) is 18.8 Å². The van der Waals surface area contributed by atoms with Crippen molar-refractivity contribution in [1.82, 2.24) is 29.9 Å². The second-order valence-corrected chi connectivity index (χ2v) is 5.88. The molecule has 22 heavy (non-hydrogen) atoms. The number of likely N-dealkylation sites (tertiary alicyclic amines) is 1. The smallest absolute Gasteiger partial charge is 0.328 e. The van der Waals surface area contributed by atoms with Crippen molar-refractivity contribution in [1.29, 1.82) is 0 Å². The van der Waals surface area contributed by atoms with Crippen molar-refractivity contribution in [3.63, 3.8) is 0 Å². The summed E-state index contributed by atoms with van der Waals surface area (Å²) in [7, 11) is 0. The van der Waals surface area contributed by atoms with Crippen molar-refractivity contribution in [2.24, 2.45) is 0 Å². The molecule has 1 fully saturated rings. The molecule has 1 aliphatic rings. The lowest BCUT2D eigenvalue weighted by Gasteiger charge is -2.34. The number of nitrogens with zero attached hydrogens (tertiary/aromatic N) is 4. The Kier molecular flexibility index (Phi) is 3.82. The first kappa shape index (κ1) is 14.6. The SMILES string of the molecule is CC(C)n1cc(C(=O)N2CCCCC2c2n[nH]c(=O)[nH]2)cn1. The molecule has 0 saturated carbocycles. The second kappa shape index (κ2) is 5.78. The molecule has 1 aliphatic heterocycles. The Morgan fingerprint density at radius 1 is 1.41 bits per heavy atom. The average molecular weight is 304 g/mol. The van der Waals surface area contributed by atoms with Crippen LogP contribution in [0.25, 0.3) is 0 Å². The molecule has 0 radical (unpaired) electrons. The highest BCUT2D eigenvalue weighted by Gasteiger charge is 2.31. The van der Waals surface area contributed by atoms with Gasteiger partial charge in [0.05, 0.1) is 17.8 Å². The predicted molar refractivity (Wildman–Crippen MR) is 79.4 cm³/mol. The fourth-order valence-electron chi connectivity index (χ4n) is 2.80. The van der Waals surface area contributed by atoms with Gasteiger partial charge in [-0.3, -0.25) is 14.5 Å². The summed E-state index contributed by atoms with van der Waals surface area (Å²) >= 11 is 0. The molecule has 1 unspecified atom stereocenters. The first-order valence-corrected chi connectivity index (χ1v) is 7.56. The number of carbonyl (C=O) groups is 1. The summed E-state index contributed by atoms with van der Waals surface area (Å²) in [6.45, 7) is 4.68. The minimum Gasteiger partial charge on any atom is -0.328 e. The van der Waals surface area contributed by atoms with E-state index in [1.807, 2.05) is 13.8 Å². The van der Waals surface area contributed by atoms with E-state index in [9.17, 15) is 9.59 Å². The minimum atomic E-state index is -0.347. The van der Waals surface area contributed by atoms with Crippen LogP contribution in [0.3, 0.4) is 0 Å². The Balaban J connectivity index is 1.86. The van der Waals surface area contributed by atoms with Gasteiger partial charge in [-0.1, -0.05) is 0 Å². The van der Waals surface area contributed by atoms with Gasteiger partial charge in [0.1, 0.15) is 0 Å². The number of rotatable bonds is 3. The van der Waals surface area contributed by atoms with Crippen LogP contribution in [0.4, 0.5) is 0 Å². The van der Waals surface area contributed by atoms with Crippen LogP contribution in [0.2, 0.25) is 0 Å². The highest BCUT2D eigenvalue weighted by Crippen LogP contribution is 2.29. The summed E-state index contributed by atoms with van der Waals surface area (Å²) in [5.41, 5.74) is 0.221. The summed E-state index contributed by atoms with van der Waals surface area (Å²) < 4.78 is 1.77. The number of amides is 1. The maximum atomic E-state index is 12.8. The fraction of sp³-hybridized carbons (Fsp3) is 0.571. The average Bonchev–Trinajstić information content (AvgIpc) is 3.15. The summed E-state index contributed by atoms with van der Waals surface area (Å²) in [5.74, 6) is 0.453. The zero-order valence-corrected chi connectivity index (χ0v) is 12.7. The molecule has 2 N–H and O–H groups in total. The van der Waals surface area contributed by atoms with Crippen molar-refractivity contribution in [3.8, 4) is 0 Å². The van der Waals surface area contributed by atoms with Crippen LogP contribution in [0.5, 0.6) is 0 Å². The summed E-state index contributed by atoms with van der Waals surface area (Å²) in [5, 5.41) is 10.6. The molecule has 2 aromatic heterocycles. The van der Waals surface area contributed by atoms with E-state index in [1.54, 1.807) is 22.0 Å². The monoisotopic (exact) mass is 304 g/mol. The number of carbonyl (C=O) groups excluding carboxylic acids is 1. The third-order valence-electron chi connectivity index (χ3n) is 3.98. The van der Waals surface area contributed by atoms with Crippen molar-refractivity contribution < 1.29 is 4.79 Å². The molecule has 3 rings (SSSR count). The highest BCUT2D eigenvalue weighted by molar-refractivity contribution is 5.94. The molecule has 1 atom stereocenters. The minimum absolute atomic E-state index is 0.0690. The van der Waals surface area contributed by atoms with Crippen LogP contribution in [0, 0.1) is 0 Å². The standard InChI is InChI=1S/C14H20N6O2/c1-9(2)20-8-10(7-15-20)13(21)19-6-4-3-5-11(19)12-16-14(22)18-17-12/h7-9,11H,3-6H2,1-2H3,(H2,16,17,18,22). The number of aromatic amines is 2. The molecule has 1 amide bonds. The van der Waals surface area contributed by atoms with Crippen LogP contribution in [-0.2, 0) is 0 Å². The van der Waals surface area contributed by atoms with Crippen molar-refractivity contribution >= 4 is 5.91 Å². The zero-order valence-electron chi connectivity index (χ0n) is 12.7. The molecule has 0 bridgehead atoms. The molecular weight excluding hydrogens is 284 g/mol. The Morgan fingerprint density at radius 2 is 2.23 bits per heavy atom. The molecular formula is C14H20N6O2. The van der Waals surface area contributed by atoms with E-state index in [2.05, 4.69) is 20.3 Å². The molecule has 0 aliphatic carbocycles. The maximum Gasteiger partial charge on any atom is 0.340 e. The quantitative estimate of drug-likeness (QED) is 0.891. The first-order valence-electron chi connectivity index (χ1n) is 7.56. The van der Waals surface area contributed by atoms with Crippen molar-refractivity contribution in [2.45, 2.75) is 45.2 Å². The van der Waals surface area contributed by atoms with E-state index in [1.165, 1.54) is 0 Å². The number of aromatic nitrogens is 5. The van der Waals surface area contributed by atoms with E-state index >= 15 is 0 Å². The van der Waals surface area contributed by atoms with Gasteiger partial charge >= 0.3 is 5.69 Å². The molecule has 1 saturated heterocycles. The van der Waals surface area contributed by atoms with Gasteiger partial charge in [-0.15, -0.1) is 0 Å². The van der Waals surface area contributed by atoms with Gasteiger partial charge < -0.3 is 4.90 Å². The number of hydrogen-bond donors (Lipinski definition) is 2. The van der Waals surface area contributed by atoms with Crippen molar-refractivity contribution in [2.75, 3.05) is 6.54 Å². The molecule has 118 valence electrons. The van der Waals surface area contributed by atoms with Crippen LogP contribution < -0.4 is 5.69 Å². The lowest BCUT2D eigenvalue weighted by atomic mass is 10.0. The van der Waals surface area contributed by atoms with Gasteiger partial charge in [0.2, 0.25) is 0 Å². The van der Waals surface area contributed by atoms with Gasteiger partial charge in [0.15, 0.2) is 5.82 Å². The molecule has 3 heterocycles.